The number of carboxylic acids is 1. The molecular formula is C17H22FNO5. The van der Waals surface area contributed by atoms with Crippen LogP contribution in [0.15, 0.2) is 12.1 Å². The van der Waals surface area contributed by atoms with Crippen LogP contribution in [0.1, 0.15) is 42.5 Å². The second kappa shape index (κ2) is 7.51. The lowest BCUT2D eigenvalue weighted by atomic mass is 9.74. The van der Waals surface area contributed by atoms with Gasteiger partial charge in [0.1, 0.15) is 11.4 Å². The number of benzene rings is 1. The van der Waals surface area contributed by atoms with Crippen molar-refractivity contribution in [3.8, 4) is 11.5 Å². The number of halogens is 1. The minimum Gasteiger partial charge on any atom is -0.493 e. The highest BCUT2D eigenvalue weighted by molar-refractivity contribution is 5.98. The maximum atomic E-state index is 14.1. The van der Waals surface area contributed by atoms with Gasteiger partial charge in [-0.2, -0.15) is 0 Å². The van der Waals surface area contributed by atoms with Gasteiger partial charge in [0.25, 0.3) is 5.91 Å². The van der Waals surface area contributed by atoms with Gasteiger partial charge in [-0.15, -0.1) is 0 Å². The van der Waals surface area contributed by atoms with Crippen LogP contribution in [0.4, 0.5) is 4.39 Å². The summed E-state index contributed by atoms with van der Waals surface area (Å²) in [5, 5.41) is 12.1. The summed E-state index contributed by atoms with van der Waals surface area (Å²) < 4.78 is 24.3. The van der Waals surface area contributed by atoms with Crippen molar-refractivity contribution in [1.82, 2.24) is 5.32 Å². The number of ether oxygens (including phenoxy) is 2. The molecule has 2 N–H and O–H groups in total. The predicted molar refractivity (Wildman–Crippen MR) is 85.0 cm³/mol. The van der Waals surface area contributed by atoms with E-state index in [9.17, 15) is 19.1 Å². The Labute approximate surface area is 139 Å². The molecule has 1 amide bonds. The summed E-state index contributed by atoms with van der Waals surface area (Å²) in [6, 6.07) is 2.48. The van der Waals surface area contributed by atoms with Gasteiger partial charge in [0, 0.05) is 6.54 Å². The molecule has 0 bridgehead atoms. The first-order chi connectivity index (χ1) is 11.4. The Kier molecular flexibility index (Phi) is 5.64. The third kappa shape index (κ3) is 3.44. The number of carbonyl (C=O) groups excluding carboxylic acids is 1. The molecule has 1 aromatic carbocycles. The van der Waals surface area contributed by atoms with E-state index in [1.54, 1.807) is 0 Å². The molecule has 1 fully saturated rings. The Morgan fingerprint density at radius 3 is 2.42 bits per heavy atom. The molecular weight excluding hydrogens is 317 g/mol. The third-order valence-electron chi connectivity index (χ3n) is 4.57. The number of aliphatic carboxylic acids is 1. The maximum Gasteiger partial charge on any atom is 0.311 e. The summed E-state index contributed by atoms with van der Waals surface area (Å²) in [6.45, 7) is -0.0407. The Bertz CT molecular complexity index is 626. The maximum absolute atomic E-state index is 14.1. The highest BCUT2D eigenvalue weighted by Gasteiger charge is 2.40. The van der Waals surface area contributed by atoms with E-state index in [0.717, 1.165) is 25.3 Å². The average Bonchev–Trinajstić information content (AvgIpc) is 2.59. The summed E-state index contributed by atoms with van der Waals surface area (Å²) in [6.07, 6.45) is 3.60. The van der Waals surface area contributed by atoms with Crippen LogP contribution in [0.3, 0.4) is 0 Å². The van der Waals surface area contributed by atoms with Crippen molar-refractivity contribution >= 4 is 11.9 Å². The summed E-state index contributed by atoms with van der Waals surface area (Å²) in [5.41, 5.74) is -1.27. The molecule has 6 nitrogen and oxygen atoms in total. The van der Waals surface area contributed by atoms with E-state index < -0.39 is 23.1 Å². The van der Waals surface area contributed by atoms with Crippen molar-refractivity contribution in [3.63, 3.8) is 0 Å². The Balaban J connectivity index is 2.22. The van der Waals surface area contributed by atoms with Gasteiger partial charge < -0.3 is 19.9 Å². The number of amides is 1. The molecule has 0 atom stereocenters. The van der Waals surface area contributed by atoms with Crippen LogP contribution < -0.4 is 14.8 Å². The van der Waals surface area contributed by atoms with Gasteiger partial charge in [-0.3, -0.25) is 9.59 Å². The Morgan fingerprint density at radius 2 is 1.88 bits per heavy atom. The first-order valence-electron chi connectivity index (χ1n) is 7.87. The van der Waals surface area contributed by atoms with Gasteiger partial charge >= 0.3 is 5.97 Å². The van der Waals surface area contributed by atoms with Crippen molar-refractivity contribution in [2.45, 2.75) is 32.1 Å². The highest BCUT2D eigenvalue weighted by atomic mass is 19.1. The molecule has 0 spiro atoms. The predicted octanol–water partition coefficient (Wildman–Crippen LogP) is 2.61. The molecule has 0 unspecified atom stereocenters. The molecule has 0 radical (unpaired) electrons. The molecule has 1 saturated carbocycles. The summed E-state index contributed by atoms with van der Waals surface area (Å²) in [5.74, 6) is -2.18. The second-order valence-electron chi connectivity index (χ2n) is 5.99. The van der Waals surface area contributed by atoms with E-state index in [1.807, 2.05) is 0 Å². The topological polar surface area (TPSA) is 84.9 Å². The van der Waals surface area contributed by atoms with Crippen LogP contribution >= 0.6 is 0 Å². The number of carbonyl (C=O) groups is 2. The highest BCUT2D eigenvalue weighted by Crippen LogP contribution is 2.37. The summed E-state index contributed by atoms with van der Waals surface area (Å²) in [7, 11) is 2.70. The molecule has 24 heavy (non-hydrogen) atoms. The minimum atomic E-state index is -0.990. The molecule has 132 valence electrons. The van der Waals surface area contributed by atoms with Crippen molar-refractivity contribution in [3.05, 3.63) is 23.5 Å². The quantitative estimate of drug-likeness (QED) is 0.832. The Morgan fingerprint density at radius 1 is 1.21 bits per heavy atom. The van der Waals surface area contributed by atoms with Gasteiger partial charge in [0.05, 0.1) is 19.6 Å². The van der Waals surface area contributed by atoms with Crippen molar-refractivity contribution < 1.29 is 28.6 Å². The molecule has 7 heteroatoms. The standard InChI is InChI=1S/C17H22FNO5/c1-23-12-7-6-11(18)13(14(12)24-2)15(20)19-10-17(16(21)22)8-4-3-5-9-17/h6-7H,3-5,8-10H2,1-2H3,(H,19,20)(H,21,22). The lowest BCUT2D eigenvalue weighted by molar-refractivity contribution is -0.150. The van der Waals surface area contributed by atoms with E-state index >= 15 is 0 Å². The lowest BCUT2D eigenvalue weighted by Gasteiger charge is -2.33. The first kappa shape index (κ1) is 18.0. The number of rotatable bonds is 6. The lowest BCUT2D eigenvalue weighted by Crippen LogP contribution is -2.44. The van der Waals surface area contributed by atoms with E-state index in [2.05, 4.69) is 5.32 Å². The SMILES string of the molecule is COc1ccc(F)c(C(=O)NCC2(C(=O)O)CCCCC2)c1OC. The zero-order valence-corrected chi connectivity index (χ0v) is 13.9. The molecule has 0 aliphatic heterocycles. The Hall–Kier alpha value is -2.31. The zero-order chi connectivity index (χ0) is 17.7. The molecule has 1 aliphatic rings. The molecule has 0 saturated heterocycles. The van der Waals surface area contributed by atoms with Gasteiger partial charge in [-0.05, 0) is 25.0 Å². The van der Waals surface area contributed by atoms with Crippen molar-refractivity contribution in [2.24, 2.45) is 5.41 Å². The smallest absolute Gasteiger partial charge is 0.311 e. The van der Waals surface area contributed by atoms with E-state index in [1.165, 1.54) is 20.3 Å². The number of methoxy groups -OCH3 is 2. The molecule has 0 heterocycles. The van der Waals surface area contributed by atoms with Gasteiger partial charge in [0.2, 0.25) is 0 Å². The monoisotopic (exact) mass is 339 g/mol. The fourth-order valence-corrected chi connectivity index (χ4v) is 3.15. The van der Waals surface area contributed by atoms with Crippen LogP contribution in [0.2, 0.25) is 0 Å². The summed E-state index contributed by atoms with van der Waals surface area (Å²) in [4.78, 5) is 24.1. The number of carboxylic acid groups (broad SMARTS) is 1. The van der Waals surface area contributed by atoms with Gasteiger partial charge in [0.15, 0.2) is 11.5 Å². The number of hydrogen-bond donors (Lipinski definition) is 2. The average molecular weight is 339 g/mol. The minimum absolute atomic E-state index is 0.0111. The van der Waals surface area contributed by atoms with Crippen LogP contribution in [0.25, 0.3) is 0 Å². The van der Waals surface area contributed by atoms with Crippen LogP contribution in [-0.4, -0.2) is 37.7 Å². The third-order valence-corrected chi connectivity index (χ3v) is 4.57. The van der Waals surface area contributed by atoms with E-state index in [4.69, 9.17) is 9.47 Å². The second-order valence-corrected chi connectivity index (χ2v) is 5.99. The number of hydrogen-bond acceptors (Lipinski definition) is 4. The molecule has 1 aromatic rings. The molecule has 1 aliphatic carbocycles. The first-order valence-corrected chi connectivity index (χ1v) is 7.87. The van der Waals surface area contributed by atoms with E-state index in [-0.39, 0.29) is 23.6 Å². The molecule has 2 rings (SSSR count). The zero-order valence-electron chi connectivity index (χ0n) is 13.9. The van der Waals surface area contributed by atoms with Crippen molar-refractivity contribution in [1.29, 1.82) is 0 Å². The summed E-state index contributed by atoms with van der Waals surface area (Å²) >= 11 is 0. The van der Waals surface area contributed by atoms with E-state index in [0.29, 0.717) is 12.8 Å². The fraction of sp³-hybridized carbons (Fsp3) is 0.529. The number of nitrogens with one attached hydrogen (secondary N) is 1. The fourth-order valence-electron chi connectivity index (χ4n) is 3.15. The van der Waals surface area contributed by atoms with Gasteiger partial charge in [-0.25, -0.2) is 4.39 Å². The van der Waals surface area contributed by atoms with Crippen LogP contribution in [-0.2, 0) is 4.79 Å². The van der Waals surface area contributed by atoms with Crippen LogP contribution in [0, 0.1) is 11.2 Å². The van der Waals surface area contributed by atoms with Gasteiger partial charge in [-0.1, -0.05) is 19.3 Å². The molecule has 0 aromatic heterocycles. The van der Waals surface area contributed by atoms with Crippen molar-refractivity contribution in [2.75, 3.05) is 20.8 Å². The van der Waals surface area contributed by atoms with Crippen LogP contribution in [0.5, 0.6) is 11.5 Å². The normalized spacial score (nSPS) is 16.3. The largest absolute Gasteiger partial charge is 0.493 e.